The molecule has 0 saturated carbocycles. The normalized spacial score (nSPS) is 10.3. The zero-order valence-electron chi connectivity index (χ0n) is 10.9. The van der Waals surface area contributed by atoms with E-state index in [4.69, 9.17) is 4.52 Å². The lowest BCUT2D eigenvalue weighted by atomic mass is 10.1. The number of para-hydroxylation sites is 1. The number of benzene rings is 2. The topological polar surface area (TPSA) is 55.1 Å². The maximum absolute atomic E-state index is 12.9. The Bertz CT molecular complexity index is 751. The zero-order valence-corrected chi connectivity index (χ0v) is 10.9. The molecule has 0 aliphatic heterocycles. The number of rotatable bonds is 3. The Labute approximate surface area is 120 Å². The molecule has 1 aromatic heterocycles. The van der Waals surface area contributed by atoms with Crippen molar-refractivity contribution in [2.75, 3.05) is 5.32 Å². The van der Waals surface area contributed by atoms with E-state index in [2.05, 4.69) is 10.5 Å². The number of halogens is 1. The molecular weight excluding hydrogens is 271 g/mol. The van der Waals surface area contributed by atoms with Crippen molar-refractivity contribution < 1.29 is 13.7 Å². The maximum atomic E-state index is 12.9. The van der Waals surface area contributed by atoms with Gasteiger partial charge < -0.3 is 9.84 Å². The predicted molar refractivity (Wildman–Crippen MR) is 76.3 cm³/mol. The van der Waals surface area contributed by atoms with Crippen LogP contribution in [0.25, 0.3) is 11.3 Å². The van der Waals surface area contributed by atoms with Gasteiger partial charge in [-0.3, -0.25) is 4.79 Å². The van der Waals surface area contributed by atoms with E-state index in [1.807, 2.05) is 18.2 Å². The molecule has 3 rings (SSSR count). The third-order valence-corrected chi connectivity index (χ3v) is 2.90. The number of anilines is 1. The van der Waals surface area contributed by atoms with Crippen LogP contribution < -0.4 is 5.32 Å². The van der Waals surface area contributed by atoms with Gasteiger partial charge in [0, 0.05) is 17.3 Å². The van der Waals surface area contributed by atoms with E-state index in [0.29, 0.717) is 17.0 Å². The third-order valence-electron chi connectivity index (χ3n) is 2.90. The number of carbonyl (C=O) groups excluding carboxylic acids is 1. The summed E-state index contributed by atoms with van der Waals surface area (Å²) in [6, 6.07) is 16.3. The first kappa shape index (κ1) is 13.1. The molecule has 0 fully saturated rings. The van der Waals surface area contributed by atoms with Crippen LogP contribution in [0.2, 0.25) is 0 Å². The molecule has 0 atom stereocenters. The summed E-state index contributed by atoms with van der Waals surface area (Å²) in [4.78, 5) is 12.0. The quantitative estimate of drug-likeness (QED) is 0.796. The van der Waals surface area contributed by atoms with Crippen LogP contribution in [0.4, 0.5) is 10.1 Å². The van der Waals surface area contributed by atoms with Gasteiger partial charge in [0.15, 0.2) is 11.5 Å². The number of hydrogen-bond donors (Lipinski definition) is 1. The maximum Gasteiger partial charge on any atom is 0.277 e. The van der Waals surface area contributed by atoms with Gasteiger partial charge in [-0.25, -0.2) is 4.39 Å². The van der Waals surface area contributed by atoms with Gasteiger partial charge in [-0.2, -0.15) is 0 Å². The van der Waals surface area contributed by atoms with Gasteiger partial charge in [-0.15, -0.1) is 0 Å². The van der Waals surface area contributed by atoms with Crippen molar-refractivity contribution >= 4 is 11.6 Å². The molecule has 104 valence electrons. The van der Waals surface area contributed by atoms with Crippen molar-refractivity contribution in [1.82, 2.24) is 5.16 Å². The molecule has 0 unspecified atom stereocenters. The SMILES string of the molecule is O=C(Nc1ccccc1)c1cc(-c2ccc(F)cc2)on1. The van der Waals surface area contributed by atoms with E-state index in [9.17, 15) is 9.18 Å². The van der Waals surface area contributed by atoms with Crippen molar-refractivity contribution in [1.29, 1.82) is 0 Å². The Morgan fingerprint density at radius 1 is 1.05 bits per heavy atom. The molecule has 0 saturated heterocycles. The fourth-order valence-electron chi connectivity index (χ4n) is 1.85. The molecule has 3 aromatic rings. The largest absolute Gasteiger partial charge is 0.355 e. The highest BCUT2D eigenvalue weighted by Gasteiger charge is 2.13. The highest BCUT2D eigenvalue weighted by atomic mass is 19.1. The molecular formula is C16H11FN2O2. The van der Waals surface area contributed by atoms with E-state index >= 15 is 0 Å². The molecule has 0 radical (unpaired) electrons. The first-order valence-corrected chi connectivity index (χ1v) is 6.31. The van der Waals surface area contributed by atoms with Gasteiger partial charge in [-0.1, -0.05) is 23.4 Å². The third kappa shape index (κ3) is 2.97. The number of hydrogen-bond acceptors (Lipinski definition) is 3. The van der Waals surface area contributed by atoms with Crippen molar-refractivity contribution in [3.63, 3.8) is 0 Å². The van der Waals surface area contributed by atoms with Crippen LogP contribution in [-0.2, 0) is 0 Å². The first-order valence-electron chi connectivity index (χ1n) is 6.31. The number of nitrogens with zero attached hydrogens (tertiary/aromatic N) is 1. The average molecular weight is 282 g/mol. The Kier molecular flexibility index (Phi) is 3.47. The predicted octanol–water partition coefficient (Wildman–Crippen LogP) is 3.73. The smallest absolute Gasteiger partial charge is 0.277 e. The zero-order chi connectivity index (χ0) is 14.7. The number of aromatic nitrogens is 1. The molecule has 1 heterocycles. The van der Waals surface area contributed by atoms with E-state index in [1.165, 1.54) is 18.2 Å². The summed E-state index contributed by atoms with van der Waals surface area (Å²) in [5.74, 6) is -0.285. The number of amides is 1. The number of carbonyl (C=O) groups is 1. The van der Waals surface area contributed by atoms with Gasteiger partial charge >= 0.3 is 0 Å². The van der Waals surface area contributed by atoms with Gasteiger partial charge in [0.25, 0.3) is 5.91 Å². The first-order chi connectivity index (χ1) is 10.2. The lowest BCUT2D eigenvalue weighted by molar-refractivity contribution is 0.101. The van der Waals surface area contributed by atoms with Crippen LogP contribution in [0, 0.1) is 5.82 Å². The Morgan fingerprint density at radius 2 is 1.76 bits per heavy atom. The Morgan fingerprint density at radius 3 is 2.48 bits per heavy atom. The average Bonchev–Trinajstić information content (AvgIpc) is 2.99. The van der Waals surface area contributed by atoms with Gasteiger partial charge in [-0.05, 0) is 36.4 Å². The van der Waals surface area contributed by atoms with Gasteiger partial charge in [0.05, 0.1) is 0 Å². The minimum absolute atomic E-state index is 0.165. The van der Waals surface area contributed by atoms with Crippen molar-refractivity contribution in [2.45, 2.75) is 0 Å². The second-order valence-electron chi connectivity index (χ2n) is 4.40. The van der Waals surface area contributed by atoms with Crippen LogP contribution in [0.1, 0.15) is 10.5 Å². The summed E-state index contributed by atoms with van der Waals surface area (Å²) < 4.78 is 18.0. The molecule has 0 bridgehead atoms. The fraction of sp³-hybridized carbons (Fsp3) is 0. The summed E-state index contributed by atoms with van der Waals surface area (Å²) in [7, 11) is 0. The molecule has 5 heteroatoms. The molecule has 0 aliphatic carbocycles. The molecule has 2 aromatic carbocycles. The minimum atomic E-state index is -0.363. The molecule has 4 nitrogen and oxygen atoms in total. The molecule has 0 spiro atoms. The Hall–Kier alpha value is -2.95. The summed E-state index contributed by atoms with van der Waals surface area (Å²) in [6.07, 6.45) is 0. The monoisotopic (exact) mass is 282 g/mol. The van der Waals surface area contributed by atoms with Crippen molar-refractivity contribution in [2.24, 2.45) is 0 Å². The summed E-state index contributed by atoms with van der Waals surface area (Å²) >= 11 is 0. The van der Waals surface area contributed by atoms with E-state index < -0.39 is 0 Å². The summed E-state index contributed by atoms with van der Waals surface area (Å²) in [5, 5.41) is 6.44. The van der Waals surface area contributed by atoms with Crippen LogP contribution in [0.15, 0.2) is 65.2 Å². The fourth-order valence-corrected chi connectivity index (χ4v) is 1.85. The number of nitrogens with one attached hydrogen (secondary N) is 1. The van der Waals surface area contributed by atoms with Crippen LogP contribution in [0.3, 0.4) is 0 Å². The summed E-state index contributed by atoms with van der Waals surface area (Å²) in [6.45, 7) is 0. The molecule has 0 aliphatic rings. The van der Waals surface area contributed by atoms with Crippen molar-refractivity contribution in [3.8, 4) is 11.3 Å². The van der Waals surface area contributed by atoms with E-state index in [-0.39, 0.29) is 17.4 Å². The van der Waals surface area contributed by atoms with Gasteiger partial charge in [0.2, 0.25) is 0 Å². The Balaban J connectivity index is 1.78. The van der Waals surface area contributed by atoms with Crippen LogP contribution in [-0.4, -0.2) is 11.1 Å². The molecule has 1 N–H and O–H groups in total. The minimum Gasteiger partial charge on any atom is -0.355 e. The van der Waals surface area contributed by atoms with E-state index in [0.717, 1.165) is 0 Å². The second kappa shape index (κ2) is 5.58. The lowest BCUT2D eigenvalue weighted by Crippen LogP contribution is -2.11. The van der Waals surface area contributed by atoms with Crippen LogP contribution in [0.5, 0.6) is 0 Å². The second-order valence-corrected chi connectivity index (χ2v) is 4.40. The highest BCUT2D eigenvalue weighted by Crippen LogP contribution is 2.21. The van der Waals surface area contributed by atoms with Crippen LogP contribution >= 0.6 is 0 Å². The van der Waals surface area contributed by atoms with Gasteiger partial charge in [0.1, 0.15) is 5.82 Å². The molecule has 1 amide bonds. The highest BCUT2D eigenvalue weighted by molar-refractivity contribution is 6.03. The van der Waals surface area contributed by atoms with E-state index in [1.54, 1.807) is 24.3 Å². The standard InChI is InChI=1S/C16H11FN2O2/c17-12-8-6-11(7-9-12)15-10-14(19-21-15)16(20)18-13-4-2-1-3-5-13/h1-10H,(H,18,20). The summed E-state index contributed by atoms with van der Waals surface area (Å²) in [5.41, 5.74) is 1.50. The lowest BCUT2D eigenvalue weighted by Gasteiger charge is -2.00. The van der Waals surface area contributed by atoms with Crippen molar-refractivity contribution in [3.05, 3.63) is 72.2 Å². The molecule has 21 heavy (non-hydrogen) atoms.